The van der Waals surface area contributed by atoms with E-state index in [0.29, 0.717) is 12.0 Å². The van der Waals surface area contributed by atoms with Crippen molar-refractivity contribution in [3.63, 3.8) is 0 Å². The van der Waals surface area contributed by atoms with Crippen LogP contribution in [0, 0.1) is 5.92 Å². The Morgan fingerprint density at radius 2 is 1.88 bits per heavy atom. The topological polar surface area (TPSA) is 43.4 Å². The molecule has 0 heterocycles. The van der Waals surface area contributed by atoms with Crippen molar-refractivity contribution in [1.82, 2.24) is 0 Å². The molecule has 0 spiro atoms. The van der Waals surface area contributed by atoms with E-state index in [0.717, 1.165) is 4.90 Å². The molecule has 0 aromatic heterocycles. The molecular weight excluding hydrogens is 236 g/mol. The Morgan fingerprint density at radius 1 is 1.29 bits per heavy atom. The van der Waals surface area contributed by atoms with Crippen LogP contribution in [0.15, 0.2) is 29.2 Å². The third-order valence-electron chi connectivity index (χ3n) is 2.58. The first-order chi connectivity index (χ1) is 8.13. The summed E-state index contributed by atoms with van der Waals surface area (Å²) >= 11 is 1.61. The van der Waals surface area contributed by atoms with Crippen LogP contribution in [-0.2, 0) is 9.53 Å². The predicted octanol–water partition coefficient (Wildman–Crippen LogP) is 2.79. The molecule has 0 fully saturated rings. The Hall–Kier alpha value is -1.29. The highest BCUT2D eigenvalue weighted by atomic mass is 32.2. The van der Waals surface area contributed by atoms with Crippen molar-refractivity contribution in [2.24, 2.45) is 5.92 Å². The molecular formula is C13H16O3S. The lowest BCUT2D eigenvalue weighted by atomic mass is 9.95. The Morgan fingerprint density at radius 3 is 2.29 bits per heavy atom. The lowest BCUT2D eigenvalue weighted by molar-refractivity contribution is -0.143. The molecule has 0 N–H and O–H groups in total. The third-order valence-corrected chi connectivity index (χ3v) is 3.33. The Bertz CT molecular complexity index is 398. The summed E-state index contributed by atoms with van der Waals surface area (Å²) in [4.78, 5) is 24.6. The van der Waals surface area contributed by atoms with Gasteiger partial charge in [0.05, 0.1) is 7.11 Å². The molecule has 0 saturated carbocycles. The highest BCUT2D eigenvalue weighted by Gasteiger charge is 2.26. The number of ether oxygens (including phenoxy) is 1. The van der Waals surface area contributed by atoms with Gasteiger partial charge in [-0.15, -0.1) is 11.8 Å². The van der Waals surface area contributed by atoms with Crippen molar-refractivity contribution < 1.29 is 14.3 Å². The first-order valence-electron chi connectivity index (χ1n) is 5.40. The molecule has 4 heteroatoms. The van der Waals surface area contributed by atoms with Gasteiger partial charge in [0.1, 0.15) is 5.92 Å². The number of ketones is 1. The summed E-state index contributed by atoms with van der Waals surface area (Å²) in [5, 5.41) is 0. The Labute approximate surface area is 106 Å². The maximum Gasteiger partial charge on any atom is 0.316 e. The van der Waals surface area contributed by atoms with Gasteiger partial charge in [-0.05, 0) is 24.8 Å². The highest BCUT2D eigenvalue weighted by Crippen LogP contribution is 2.18. The summed E-state index contributed by atoms with van der Waals surface area (Å²) in [6, 6.07) is 7.25. The maximum atomic E-state index is 12.1. The zero-order valence-corrected chi connectivity index (χ0v) is 11.0. The predicted molar refractivity (Wildman–Crippen MR) is 68.4 cm³/mol. The van der Waals surface area contributed by atoms with E-state index < -0.39 is 11.9 Å². The fourth-order valence-electron chi connectivity index (χ4n) is 1.56. The Kier molecular flexibility index (Phi) is 5.22. The first kappa shape index (κ1) is 13.8. The smallest absolute Gasteiger partial charge is 0.316 e. The second kappa shape index (κ2) is 6.45. The molecule has 0 amide bonds. The number of methoxy groups -OCH3 is 1. The van der Waals surface area contributed by atoms with E-state index in [4.69, 9.17) is 0 Å². The third kappa shape index (κ3) is 3.33. The molecule has 0 aliphatic heterocycles. The van der Waals surface area contributed by atoms with Gasteiger partial charge >= 0.3 is 5.97 Å². The number of carbonyl (C=O) groups is 2. The van der Waals surface area contributed by atoms with Crippen LogP contribution in [0.4, 0.5) is 0 Å². The molecule has 0 bridgehead atoms. The molecule has 17 heavy (non-hydrogen) atoms. The van der Waals surface area contributed by atoms with Crippen LogP contribution in [0.1, 0.15) is 23.7 Å². The van der Waals surface area contributed by atoms with Crippen molar-refractivity contribution in [2.75, 3.05) is 13.4 Å². The number of hydrogen-bond acceptors (Lipinski definition) is 4. The molecule has 1 rings (SSSR count). The number of rotatable bonds is 5. The van der Waals surface area contributed by atoms with Crippen molar-refractivity contribution in [1.29, 1.82) is 0 Å². The van der Waals surface area contributed by atoms with E-state index in [1.165, 1.54) is 7.11 Å². The van der Waals surface area contributed by atoms with Crippen molar-refractivity contribution in [3.8, 4) is 0 Å². The van der Waals surface area contributed by atoms with Crippen LogP contribution in [0.5, 0.6) is 0 Å². The SMILES string of the molecule is CCC(C(=O)OC)C(=O)c1ccc(SC)cc1. The van der Waals surface area contributed by atoms with E-state index >= 15 is 0 Å². The number of thioether (sulfide) groups is 1. The van der Waals surface area contributed by atoms with Gasteiger partial charge in [0.25, 0.3) is 0 Å². The average Bonchev–Trinajstić information content (AvgIpc) is 2.39. The number of benzene rings is 1. The zero-order valence-electron chi connectivity index (χ0n) is 10.2. The summed E-state index contributed by atoms with van der Waals surface area (Å²) < 4.78 is 4.63. The van der Waals surface area contributed by atoms with Crippen LogP contribution in [-0.4, -0.2) is 25.1 Å². The molecule has 0 aliphatic rings. The monoisotopic (exact) mass is 252 g/mol. The first-order valence-corrected chi connectivity index (χ1v) is 6.62. The fourth-order valence-corrected chi connectivity index (χ4v) is 1.97. The standard InChI is InChI=1S/C13H16O3S/c1-4-11(13(15)16-2)12(14)9-5-7-10(17-3)8-6-9/h5-8,11H,4H2,1-3H3. The van der Waals surface area contributed by atoms with Gasteiger partial charge in [0.15, 0.2) is 5.78 Å². The van der Waals surface area contributed by atoms with Gasteiger partial charge in [0.2, 0.25) is 0 Å². The van der Waals surface area contributed by atoms with Gasteiger partial charge in [-0.25, -0.2) is 0 Å². The van der Waals surface area contributed by atoms with Crippen LogP contribution in [0.3, 0.4) is 0 Å². The maximum absolute atomic E-state index is 12.1. The number of carbonyl (C=O) groups excluding carboxylic acids is 2. The van der Waals surface area contributed by atoms with Crippen molar-refractivity contribution >= 4 is 23.5 Å². The molecule has 0 radical (unpaired) electrons. The van der Waals surface area contributed by atoms with Crippen molar-refractivity contribution in [3.05, 3.63) is 29.8 Å². The second-order valence-electron chi connectivity index (χ2n) is 3.58. The van der Waals surface area contributed by atoms with Gasteiger partial charge in [-0.2, -0.15) is 0 Å². The van der Waals surface area contributed by atoms with Gasteiger partial charge < -0.3 is 4.74 Å². The summed E-state index contributed by atoms with van der Waals surface area (Å²) in [6.07, 6.45) is 2.43. The van der Waals surface area contributed by atoms with Gasteiger partial charge in [-0.3, -0.25) is 9.59 Å². The molecule has 3 nitrogen and oxygen atoms in total. The van der Waals surface area contributed by atoms with Gasteiger partial charge in [-0.1, -0.05) is 19.1 Å². The van der Waals surface area contributed by atoms with E-state index in [9.17, 15) is 9.59 Å². The highest BCUT2D eigenvalue weighted by molar-refractivity contribution is 7.98. The lowest BCUT2D eigenvalue weighted by Crippen LogP contribution is -2.24. The molecule has 0 aliphatic carbocycles. The molecule has 1 aromatic rings. The summed E-state index contributed by atoms with van der Waals surface area (Å²) in [7, 11) is 1.30. The summed E-state index contributed by atoms with van der Waals surface area (Å²) in [6.45, 7) is 1.80. The van der Waals surface area contributed by atoms with Crippen LogP contribution in [0.25, 0.3) is 0 Å². The van der Waals surface area contributed by atoms with E-state index in [2.05, 4.69) is 4.74 Å². The molecule has 0 saturated heterocycles. The fraction of sp³-hybridized carbons (Fsp3) is 0.385. The van der Waals surface area contributed by atoms with Gasteiger partial charge in [0, 0.05) is 10.5 Å². The minimum atomic E-state index is -0.694. The van der Waals surface area contributed by atoms with E-state index in [1.54, 1.807) is 30.8 Å². The summed E-state index contributed by atoms with van der Waals surface area (Å²) in [5.74, 6) is -1.33. The normalized spacial score (nSPS) is 11.9. The van der Waals surface area contributed by atoms with Crippen LogP contribution < -0.4 is 0 Å². The lowest BCUT2D eigenvalue weighted by Gasteiger charge is -2.11. The minimum absolute atomic E-state index is 0.174. The van der Waals surface area contributed by atoms with Crippen LogP contribution >= 0.6 is 11.8 Å². The van der Waals surface area contributed by atoms with E-state index in [1.807, 2.05) is 18.4 Å². The molecule has 92 valence electrons. The Balaban J connectivity index is 2.90. The van der Waals surface area contributed by atoms with Crippen LogP contribution in [0.2, 0.25) is 0 Å². The molecule has 1 unspecified atom stereocenters. The number of hydrogen-bond donors (Lipinski definition) is 0. The average molecular weight is 252 g/mol. The zero-order chi connectivity index (χ0) is 12.8. The molecule has 1 aromatic carbocycles. The summed E-state index contributed by atoms with van der Waals surface area (Å²) in [5.41, 5.74) is 0.556. The largest absolute Gasteiger partial charge is 0.468 e. The molecule has 1 atom stereocenters. The number of esters is 1. The quantitative estimate of drug-likeness (QED) is 0.350. The van der Waals surface area contributed by atoms with Crippen molar-refractivity contribution in [2.45, 2.75) is 18.2 Å². The second-order valence-corrected chi connectivity index (χ2v) is 4.46. The minimum Gasteiger partial charge on any atom is -0.468 e. The van der Waals surface area contributed by atoms with E-state index in [-0.39, 0.29) is 5.78 Å². The number of Topliss-reactive ketones (excluding diaryl/α,β-unsaturated/α-hetero) is 1.